The van der Waals surface area contributed by atoms with Crippen LogP contribution in [0.3, 0.4) is 0 Å². The summed E-state index contributed by atoms with van der Waals surface area (Å²) in [4.78, 5) is 12.0. The molecular formula is C16H24N2O4S. The van der Waals surface area contributed by atoms with Crippen molar-refractivity contribution in [1.82, 2.24) is 9.62 Å². The van der Waals surface area contributed by atoms with Gasteiger partial charge < -0.3 is 10.1 Å². The van der Waals surface area contributed by atoms with Gasteiger partial charge in [-0.1, -0.05) is 17.7 Å². The minimum absolute atomic E-state index is 0.0925. The van der Waals surface area contributed by atoms with Crippen LogP contribution in [0.25, 0.3) is 0 Å². The van der Waals surface area contributed by atoms with E-state index in [1.807, 2.05) is 26.8 Å². The van der Waals surface area contributed by atoms with Crippen LogP contribution in [0, 0.1) is 6.92 Å². The van der Waals surface area contributed by atoms with Gasteiger partial charge in [-0.15, -0.1) is 0 Å². The summed E-state index contributed by atoms with van der Waals surface area (Å²) in [5.41, 5.74) is 1.53. The van der Waals surface area contributed by atoms with Gasteiger partial charge in [0.05, 0.1) is 18.0 Å². The topological polar surface area (TPSA) is 75.7 Å². The Morgan fingerprint density at radius 2 is 1.96 bits per heavy atom. The second kappa shape index (κ2) is 7.42. The molecule has 1 N–H and O–H groups in total. The van der Waals surface area contributed by atoms with Gasteiger partial charge >= 0.3 is 0 Å². The van der Waals surface area contributed by atoms with Crippen molar-refractivity contribution in [2.75, 3.05) is 25.4 Å². The average Bonchev–Trinajstić information content (AvgIpc) is 2.46. The summed E-state index contributed by atoms with van der Waals surface area (Å²) in [6, 6.07) is 7.19. The molecule has 1 heterocycles. The van der Waals surface area contributed by atoms with Crippen LogP contribution in [-0.2, 0) is 14.8 Å². The van der Waals surface area contributed by atoms with E-state index < -0.39 is 10.0 Å². The second-order valence-electron chi connectivity index (χ2n) is 6.02. The van der Waals surface area contributed by atoms with E-state index in [9.17, 15) is 13.2 Å². The molecule has 1 aromatic rings. The lowest BCUT2D eigenvalue weighted by atomic mass is 10.1. The van der Waals surface area contributed by atoms with E-state index >= 15 is 0 Å². The molecule has 0 saturated carbocycles. The number of aryl methyl sites for hydroxylation is 1. The van der Waals surface area contributed by atoms with Crippen LogP contribution >= 0.6 is 0 Å². The fourth-order valence-corrected chi connectivity index (χ4v) is 4.16. The number of carbonyl (C=O) groups excluding carboxylic acids is 1. The molecule has 0 radical (unpaired) electrons. The SMILES string of the molecule is Cc1cccc(C(=O)NCCS(=O)(=O)N2CC(C)OC(C)C2)c1. The number of nitrogens with zero attached hydrogens (tertiary/aromatic N) is 1. The summed E-state index contributed by atoms with van der Waals surface area (Å²) in [6.45, 7) is 6.43. The number of morpholine rings is 1. The third-order valence-electron chi connectivity index (χ3n) is 3.71. The van der Waals surface area contributed by atoms with E-state index in [4.69, 9.17) is 4.74 Å². The third-order valence-corrected chi connectivity index (χ3v) is 5.51. The van der Waals surface area contributed by atoms with E-state index in [-0.39, 0.29) is 30.4 Å². The van der Waals surface area contributed by atoms with Gasteiger partial charge in [0.25, 0.3) is 5.91 Å². The molecule has 0 aromatic heterocycles. The van der Waals surface area contributed by atoms with E-state index in [0.29, 0.717) is 18.7 Å². The molecule has 2 unspecified atom stereocenters. The zero-order chi connectivity index (χ0) is 17.0. The zero-order valence-corrected chi connectivity index (χ0v) is 14.6. The average molecular weight is 340 g/mol. The highest BCUT2D eigenvalue weighted by Crippen LogP contribution is 2.14. The van der Waals surface area contributed by atoms with Gasteiger partial charge in [0.2, 0.25) is 10.0 Å². The van der Waals surface area contributed by atoms with E-state index in [2.05, 4.69) is 5.32 Å². The van der Waals surface area contributed by atoms with Crippen molar-refractivity contribution in [2.45, 2.75) is 33.0 Å². The fourth-order valence-electron chi connectivity index (χ4n) is 2.67. The number of amides is 1. The van der Waals surface area contributed by atoms with Gasteiger partial charge in [0.15, 0.2) is 0 Å². The summed E-state index contributed by atoms with van der Waals surface area (Å²) >= 11 is 0. The number of carbonyl (C=O) groups is 1. The molecule has 1 saturated heterocycles. The van der Waals surface area contributed by atoms with Crippen molar-refractivity contribution in [3.8, 4) is 0 Å². The van der Waals surface area contributed by atoms with Crippen molar-refractivity contribution in [3.05, 3.63) is 35.4 Å². The first-order chi connectivity index (χ1) is 10.8. The quantitative estimate of drug-likeness (QED) is 0.873. The first-order valence-corrected chi connectivity index (χ1v) is 9.37. The Bertz CT molecular complexity index is 650. The van der Waals surface area contributed by atoms with Crippen LogP contribution in [0.4, 0.5) is 0 Å². The number of nitrogens with one attached hydrogen (secondary N) is 1. The van der Waals surface area contributed by atoms with Gasteiger partial charge in [-0.05, 0) is 32.9 Å². The van der Waals surface area contributed by atoms with Gasteiger partial charge in [-0.3, -0.25) is 4.79 Å². The first kappa shape index (κ1) is 17.9. The normalized spacial score (nSPS) is 22.7. The third kappa shape index (κ3) is 5.02. The van der Waals surface area contributed by atoms with E-state index in [1.54, 1.807) is 18.2 Å². The molecular weight excluding hydrogens is 316 g/mol. The number of benzene rings is 1. The smallest absolute Gasteiger partial charge is 0.251 e. The first-order valence-electron chi connectivity index (χ1n) is 7.76. The van der Waals surface area contributed by atoms with Crippen LogP contribution < -0.4 is 5.32 Å². The van der Waals surface area contributed by atoms with Crippen molar-refractivity contribution >= 4 is 15.9 Å². The molecule has 1 aromatic carbocycles. The monoisotopic (exact) mass is 340 g/mol. The summed E-state index contributed by atoms with van der Waals surface area (Å²) in [5.74, 6) is -0.364. The lowest BCUT2D eigenvalue weighted by Crippen LogP contribution is -2.49. The van der Waals surface area contributed by atoms with E-state index in [0.717, 1.165) is 5.56 Å². The highest BCUT2D eigenvalue weighted by atomic mass is 32.2. The Balaban J connectivity index is 1.88. The molecule has 0 bridgehead atoms. The number of ether oxygens (including phenoxy) is 1. The van der Waals surface area contributed by atoms with Crippen LogP contribution in [0.1, 0.15) is 29.8 Å². The highest BCUT2D eigenvalue weighted by molar-refractivity contribution is 7.89. The molecule has 1 amide bonds. The Hall–Kier alpha value is -1.44. The van der Waals surface area contributed by atoms with Crippen LogP contribution in [0.15, 0.2) is 24.3 Å². The molecule has 2 atom stereocenters. The van der Waals surface area contributed by atoms with E-state index in [1.165, 1.54) is 4.31 Å². The lowest BCUT2D eigenvalue weighted by molar-refractivity contribution is -0.0440. The highest BCUT2D eigenvalue weighted by Gasteiger charge is 2.30. The molecule has 2 rings (SSSR count). The van der Waals surface area contributed by atoms with Crippen molar-refractivity contribution in [3.63, 3.8) is 0 Å². The predicted octanol–water partition coefficient (Wildman–Crippen LogP) is 1.16. The molecule has 1 aliphatic heterocycles. The Morgan fingerprint density at radius 1 is 1.30 bits per heavy atom. The Morgan fingerprint density at radius 3 is 2.57 bits per heavy atom. The van der Waals surface area contributed by atoms with Crippen molar-refractivity contribution < 1.29 is 17.9 Å². The maximum Gasteiger partial charge on any atom is 0.251 e. The van der Waals surface area contributed by atoms with Gasteiger partial charge in [0.1, 0.15) is 0 Å². The molecule has 128 valence electrons. The predicted molar refractivity (Wildman–Crippen MR) is 88.9 cm³/mol. The van der Waals surface area contributed by atoms with Crippen LogP contribution in [-0.4, -0.2) is 56.2 Å². The Labute approximate surface area is 137 Å². The summed E-state index contributed by atoms with van der Waals surface area (Å²) in [5, 5.41) is 2.67. The largest absolute Gasteiger partial charge is 0.373 e. The molecule has 0 aliphatic carbocycles. The molecule has 0 spiro atoms. The molecule has 1 aliphatic rings. The number of sulfonamides is 1. The van der Waals surface area contributed by atoms with Crippen LogP contribution in [0.2, 0.25) is 0 Å². The fraction of sp³-hybridized carbons (Fsp3) is 0.562. The zero-order valence-electron chi connectivity index (χ0n) is 13.8. The maximum absolute atomic E-state index is 12.4. The lowest BCUT2D eigenvalue weighted by Gasteiger charge is -2.34. The standard InChI is InChI=1S/C16H24N2O4S/c1-12-5-4-6-15(9-12)16(19)17-7-8-23(20,21)18-10-13(2)22-14(3)11-18/h4-6,9,13-14H,7-8,10-11H2,1-3H3,(H,17,19). The summed E-state index contributed by atoms with van der Waals surface area (Å²) in [7, 11) is -3.40. The van der Waals surface area contributed by atoms with Crippen molar-refractivity contribution in [1.29, 1.82) is 0 Å². The van der Waals surface area contributed by atoms with Gasteiger partial charge in [-0.2, -0.15) is 4.31 Å². The molecule has 1 fully saturated rings. The number of rotatable bonds is 5. The minimum Gasteiger partial charge on any atom is -0.373 e. The molecule has 7 heteroatoms. The van der Waals surface area contributed by atoms with Crippen molar-refractivity contribution in [2.24, 2.45) is 0 Å². The number of hydrogen-bond donors (Lipinski definition) is 1. The minimum atomic E-state index is -3.40. The maximum atomic E-state index is 12.4. The van der Waals surface area contributed by atoms with Gasteiger partial charge in [0, 0.05) is 25.2 Å². The second-order valence-corrected chi connectivity index (χ2v) is 8.10. The number of hydrogen-bond acceptors (Lipinski definition) is 4. The summed E-state index contributed by atoms with van der Waals surface area (Å²) < 4.78 is 31.7. The van der Waals surface area contributed by atoms with Gasteiger partial charge in [-0.25, -0.2) is 8.42 Å². The summed E-state index contributed by atoms with van der Waals surface area (Å²) in [6.07, 6.45) is -0.231. The molecule has 23 heavy (non-hydrogen) atoms. The Kier molecular flexibility index (Phi) is 5.78. The molecule has 6 nitrogen and oxygen atoms in total. The van der Waals surface area contributed by atoms with Crippen LogP contribution in [0.5, 0.6) is 0 Å².